The molecule has 0 bridgehead atoms. The van der Waals surface area contributed by atoms with Crippen LogP contribution in [0.1, 0.15) is 47.1 Å². The van der Waals surface area contributed by atoms with Gasteiger partial charge in [0, 0.05) is 12.0 Å². The van der Waals surface area contributed by atoms with E-state index in [0.29, 0.717) is 6.54 Å². The van der Waals surface area contributed by atoms with E-state index in [0.717, 1.165) is 5.56 Å². The fraction of sp³-hybridized carbons (Fsp3) is 0.579. The van der Waals surface area contributed by atoms with E-state index in [-0.39, 0.29) is 24.0 Å². The number of rotatable bonds is 2. The van der Waals surface area contributed by atoms with Gasteiger partial charge in [-0.15, -0.1) is 0 Å². The Bertz CT molecular complexity index is 599. The second kappa shape index (κ2) is 6.46. The van der Waals surface area contributed by atoms with Crippen LogP contribution in [-0.2, 0) is 16.1 Å². The van der Waals surface area contributed by atoms with Crippen molar-refractivity contribution in [1.82, 2.24) is 9.80 Å². The fourth-order valence-electron chi connectivity index (χ4n) is 3.00. The van der Waals surface area contributed by atoms with Gasteiger partial charge in [-0.25, -0.2) is 4.79 Å². The van der Waals surface area contributed by atoms with E-state index in [1.54, 1.807) is 9.80 Å². The van der Waals surface area contributed by atoms with E-state index < -0.39 is 11.7 Å². The summed E-state index contributed by atoms with van der Waals surface area (Å²) in [4.78, 5) is 28.5. The first-order valence-electron chi connectivity index (χ1n) is 8.32. The van der Waals surface area contributed by atoms with Crippen molar-refractivity contribution in [3.8, 4) is 0 Å². The summed E-state index contributed by atoms with van der Waals surface area (Å²) in [6.45, 7) is 12.1. The van der Waals surface area contributed by atoms with E-state index in [9.17, 15) is 9.59 Å². The average molecular weight is 332 g/mol. The lowest BCUT2D eigenvalue weighted by molar-refractivity contribution is -0.130. The Balaban J connectivity index is 2.27. The number of hydrogen-bond donors (Lipinski definition) is 0. The first-order valence-corrected chi connectivity index (χ1v) is 8.32. The summed E-state index contributed by atoms with van der Waals surface area (Å²) in [6, 6.07) is 9.83. The molecule has 5 heteroatoms. The number of amides is 2. The lowest BCUT2D eigenvalue weighted by Gasteiger charge is -2.39. The van der Waals surface area contributed by atoms with Crippen LogP contribution in [0.2, 0.25) is 0 Å². The Kier molecular flexibility index (Phi) is 4.92. The molecule has 2 rings (SSSR count). The highest BCUT2D eigenvalue weighted by Crippen LogP contribution is 2.34. The molecule has 0 N–H and O–H groups in total. The van der Waals surface area contributed by atoms with Crippen molar-refractivity contribution in [2.45, 2.75) is 59.9 Å². The summed E-state index contributed by atoms with van der Waals surface area (Å²) >= 11 is 0. The predicted octanol–water partition coefficient (Wildman–Crippen LogP) is 3.64. The molecule has 0 aliphatic carbocycles. The molecule has 1 aromatic carbocycles. The van der Waals surface area contributed by atoms with Crippen LogP contribution in [0.15, 0.2) is 30.3 Å². The lowest BCUT2D eigenvalue weighted by Crippen LogP contribution is -2.51. The van der Waals surface area contributed by atoms with E-state index in [1.165, 1.54) is 0 Å². The summed E-state index contributed by atoms with van der Waals surface area (Å²) in [5.41, 5.74) is 0.180. The summed E-state index contributed by atoms with van der Waals surface area (Å²) in [7, 11) is 0. The maximum Gasteiger partial charge on any atom is 0.412 e. The van der Waals surface area contributed by atoms with Gasteiger partial charge in [0.15, 0.2) is 0 Å². The normalized spacial score (nSPS) is 18.9. The van der Waals surface area contributed by atoms with E-state index in [4.69, 9.17) is 4.74 Å². The molecule has 1 atom stereocenters. The Hall–Kier alpha value is -2.04. The first-order chi connectivity index (χ1) is 11.0. The molecule has 24 heavy (non-hydrogen) atoms. The first kappa shape index (κ1) is 18.3. The quantitative estimate of drug-likeness (QED) is 0.831. The smallest absolute Gasteiger partial charge is 0.412 e. The van der Waals surface area contributed by atoms with Crippen molar-refractivity contribution in [2.24, 2.45) is 5.41 Å². The molecule has 0 radical (unpaired) electrons. The third kappa shape index (κ3) is 4.28. The fourth-order valence-corrected chi connectivity index (χ4v) is 3.00. The van der Waals surface area contributed by atoms with Crippen molar-refractivity contribution in [2.75, 3.05) is 6.54 Å². The number of ether oxygens (including phenoxy) is 1. The molecule has 1 unspecified atom stereocenters. The SMILES string of the molecule is CC(C)(C)OC(=O)N1CC(=O)N(Cc2ccccc2)C1C(C)(C)C. The van der Waals surface area contributed by atoms with E-state index >= 15 is 0 Å². The molecule has 1 aromatic rings. The number of nitrogens with zero attached hydrogens (tertiary/aromatic N) is 2. The maximum atomic E-state index is 12.6. The highest BCUT2D eigenvalue weighted by Gasteiger charge is 2.47. The molecule has 1 heterocycles. The van der Waals surface area contributed by atoms with E-state index in [2.05, 4.69) is 0 Å². The summed E-state index contributed by atoms with van der Waals surface area (Å²) in [5, 5.41) is 0. The molecule has 132 valence electrons. The molecular weight excluding hydrogens is 304 g/mol. The van der Waals surface area contributed by atoms with Crippen molar-refractivity contribution in [3.63, 3.8) is 0 Å². The zero-order valence-corrected chi connectivity index (χ0v) is 15.5. The van der Waals surface area contributed by atoms with Crippen LogP contribution in [0, 0.1) is 5.41 Å². The maximum absolute atomic E-state index is 12.6. The highest BCUT2D eigenvalue weighted by atomic mass is 16.6. The minimum atomic E-state index is -0.588. The summed E-state index contributed by atoms with van der Waals surface area (Å²) in [6.07, 6.45) is -0.772. The number of benzene rings is 1. The average Bonchev–Trinajstić information content (AvgIpc) is 2.75. The van der Waals surface area contributed by atoms with Gasteiger partial charge in [-0.2, -0.15) is 0 Å². The van der Waals surface area contributed by atoms with Crippen molar-refractivity contribution in [1.29, 1.82) is 0 Å². The lowest BCUT2D eigenvalue weighted by atomic mass is 9.91. The van der Waals surface area contributed by atoms with Crippen molar-refractivity contribution < 1.29 is 14.3 Å². The summed E-state index contributed by atoms with van der Waals surface area (Å²) in [5.74, 6) is -0.0513. The topological polar surface area (TPSA) is 49.9 Å². The third-order valence-electron chi connectivity index (χ3n) is 3.81. The zero-order chi connectivity index (χ0) is 18.1. The largest absolute Gasteiger partial charge is 0.444 e. The van der Waals surface area contributed by atoms with Gasteiger partial charge in [0.2, 0.25) is 5.91 Å². The Morgan fingerprint density at radius 3 is 2.21 bits per heavy atom. The van der Waals surface area contributed by atoms with Gasteiger partial charge in [0.05, 0.1) is 0 Å². The van der Waals surface area contributed by atoms with Gasteiger partial charge in [-0.3, -0.25) is 9.69 Å². The highest BCUT2D eigenvalue weighted by molar-refractivity contribution is 5.86. The van der Waals surface area contributed by atoms with Gasteiger partial charge >= 0.3 is 6.09 Å². The number of hydrogen-bond acceptors (Lipinski definition) is 3. The number of carbonyl (C=O) groups is 2. The van der Waals surface area contributed by atoms with Crippen LogP contribution >= 0.6 is 0 Å². The van der Waals surface area contributed by atoms with Gasteiger partial charge in [0.25, 0.3) is 0 Å². The second-order valence-electron chi connectivity index (χ2n) is 8.36. The van der Waals surface area contributed by atoms with Gasteiger partial charge in [-0.05, 0) is 26.3 Å². The van der Waals surface area contributed by atoms with Crippen LogP contribution < -0.4 is 0 Å². The van der Waals surface area contributed by atoms with Gasteiger partial charge in [0.1, 0.15) is 18.3 Å². The molecule has 0 spiro atoms. The molecule has 1 aliphatic rings. The van der Waals surface area contributed by atoms with Crippen LogP contribution in [0.4, 0.5) is 4.79 Å². The van der Waals surface area contributed by atoms with Gasteiger partial charge in [-0.1, -0.05) is 51.1 Å². The van der Waals surface area contributed by atoms with Crippen LogP contribution in [0.25, 0.3) is 0 Å². The standard InChI is InChI=1S/C19H28N2O3/c1-18(2,3)16-20(12-14-10-8-7-9-11-14)15(22)13-21(16)17(23)24-19(4,5)6/h7-11,16H,12-13H2,1-6H3. The Morgan fingerprint density at radius 2 is 1.71 bits per heavy atom. The zero-order valence-electron chi connectivity index (χ0n) is 15.5. The van der Waals surface area contributed by atoms with E-state index in [1.807, 2.05) is 71.9 Å². The van der Waals surface area contributed by atoms with Crippen LogP contribution in [-0.4, -0.2) is 40.1 Å². The predicted molar refractivity (Wildman–Crippen MR) is 93.2 cm³/mol. The Morgan fingerprint density at radius 1 is 1.12 bits per heavy atom. The van der Waals surface area contributed by atoms with Crippen LogP contribution in [0.5, 0.6) is 0 Å². The minimum absolute atomic E-state index is 0.0513. The van der Waals surface area contributed by atoms with Crippen molar-refractivity contribution in [3.05, 3.63) is 35.9 Å². The minimum Gasteiger partial charge on any atom is -0.444 e. The molecular formula is C19H28N2O3. The Labute approximate surface area is 144 Å². The molecule has 1 saturated heterocycles. The molecule has 1 fully saturated rings. The van der Waals surface area contributed by atoms with Crippen molar-refractivity contribution >= 4 is 12.0 Å². The molecule has 2 amide bonds. The summed E-state index contributed by atoms with van der Waals surface area (Å²) < 4.78 is 5.50. The van der Waals surface area contributed by atoms with Crippen LogP contribution in [0.3, 0.4) is 0 Å². The number of carbonyl (C=O) groups excluding carboxylic acids is 2. The third-order valence-corrected chi connectivity index (χ3v) is 3.81. The second-order valence-corrected chi connectivity index (χ2v) is 8.36. The molecule has 0 saturated carbocycles. The molecule has 5 nitrogen and oxygen atoms in total. The molecule has 1 aliphatic heterocycles. The molecule has 0 aromatic heterocycles. The monoisotopic (exact) mass is 332 g/mol. The van der Waals surface area contributed by atoms with Gasteiger partial charge < -0.3 is 9.64 Å².